The first-order valence-corrected chi connectivity index (χ1v) is 10.1. The van der Waals surface area contributed by atoms with Gasteiger partial charge in [-0.15, -0.1) is 6.58 Å². The summed E-state index contributed by atoms with van der Waals surface area (Å²) in [4.78, 5) is 43.2. The van der Waals surface area contributed by atoms with Crippen molar-refractivity contribution in [3.63, 3.8) is 0 Å². The van der Waals surface area contributed by atoms with Crippen LogP contribution in [0.2, 0.25) is 0 Å². The average molecular weight is 446 g/mol. The van der Waals surface area contributed by atoms with Crippen LogP contribution in [0.3, 0.4) is 0 Å². The van der Waals surface area contributed by atoms with Crippen molar-refractivity contribution in [2.24, 2.45) is 0 Å². The molecule has 2 aromatic carbocycles. The molecule has 0 N–H and O–H groups in total. The Labute approximate surface area is 188 Å². The molecule has 0 aliphatic rings. The first-order valence-electron chi connectivity index (χ1n) is 10.1. The van der Waals surface area contributed by atoms with E-state index >= 15 is 0 Å². The van der Waals surface area contributed by atoms with Crippen molar-refractivity contribution in [3.8, 4) is 11.4 Å². The standard InChI is InChI=1S/C24H22N4O5/c1-4-12-27-22(29)20-21(28(24(27)31)17-9-7-10-18(13-17)32-2)25-15-26(20)14-16-8-5-6-11-19(16)23(30)33-3/h4-11,13,15H,1,12,14H2,2-3H3. The zero-order valence-electron chi connectivity index (χ0n) is 18.2. The third kappa shape index (κ3) is 3.84. The minimum absolute atomic E-state index is 0.0293. The maximum absolute atomic E-state index is 13.3. The number of hydrogen-bond acceptors (Lipinski definition) is 6. The van der Waals surface area contributed by atoms with E-state index in [4.69, 9.17) is 9.47 Å². The summed E-state index contributed by atoms with van der Waals surface area (Å²) < 4.78 is 14.2. The summed E-state index contributed by atoms with van der Waals surface area (Å²) in [5.74, 6) is 0.0767. The highest BCUT2D eigenvalue weighted by atomic mass is 16.5. The van der Waals surface area contributed by atoms with Gasteiger partial charge in [-0.05, 0) is 23.8 Å². The summed E-state index contributed by atoms with van der Waals surface area (Å²) in [6.07, 6.45) is 2.96. The van der Waals surface area contributed by atoms with Crippen LogP contribution in [0.25, 0.3) is 16.9 Å². The zero-order chi connectivity index (χ0) is 23.5. The topological polar surface area (TPSA) is 97.4 Å². The van der Waals surface area contributed by atoms with Gasteiger partial charge in [-0.3, -0.25) is 9.36 Å². The van der Waals surface area contributed by atoms with Crippen molar-refractivity contribution in [1.29, 1.82) is 0 Å². The number of benzene rings is 2. The van der Waals surface area contributed by atoms with Crippen LogP contribution < -0.4 is 16.0 Å². The molecule has 0 atom stereocenters. The maximum atomic E-state index is 13.3. The third-order valence-corrected chi connectivity index (χ3v) is 5.29. The third-order valence-electron chi connectivity index (χ3n) is 5.29. The van der Waals surface area contributed by atoms with Gasteiger partial charge in [0.2, 0.25) is 0 Å². The van der Waals surface area contributed by atoms with Gasteiger partial charge in [-0.2, -0.15) is 0 Å². The molecule has 0 spiro atoms. The van der Waals surface area contributed by atoms with E-state index in [1.807, 2.05) is 0 Å². The number of carbonyl (C=O) groups is 1. The molecular weight excluding hydrogens is 424 g/mol. The zero-order valence-corrected chi connectivity index (χ0v) is 18.2. The quantitative estimate of drug-likeness (QED) is 0.319. The lowest BCUT2D eigenvalue weighted by molar-refractivity contribution is 0.0599. The SMILES string of the molecule is C=CCn1c(=O)c2c(ncn2Cc2ccccc2C(=O)OC)n(-c2cccc(OC)c2)c1=O. The number of hydrogen-bond donors (Lipinski definition) is 0. The van der Waals surface area contributed by atoms with Crippen molar-refractivity contribution >= 4 is 17.1 Å². The van der Waals surface area contributed by atoms with Gasteiger partial charge in [0.15, 0.2) is 11.2 Å². The number of esters is 1. The van der Waals surface area contributed by atoms with Crippen molar-refractivity contribution in [2.75, 3.05) is 14.2 Å². The Balaban J connectivity index is 1.98. The number of allylic oxidation sites excluding steroid dienone is 1. The second-order valence-corrected chi connectivity index (χ2v) is 7.22. The first kappa shape index (κ1) is 21.8. The Kier molecular flexibility index (Phi) is 5.95. The molecule has 0 radical (unpaired) electrons. The van der Waals surface area contributed by atoms with E-state index in [0.717, 1.165) is 4.57 Å². The van der Waals surface area contributed by atoms with Gasteiger partial charge in [0.25, 0.3) is 5.56 Å². The van der Waals surface area contributed by atoms with E-state index < -0.39 is 17.2 Å². The normalized spacial score (nSPS) is 10.8. The average Bonchev–Trinajstić information content (AvgIpc) is 3.25. The molecule has 33 heavy (non-hydrogen) atoms. The Bertz CT molecular complexity index is 1480. The second-order valence-electron chi connectivity index (χ2n) is 7.22. The van der Waals surface area contributed by atoms with E-state index in [1.165, 1.54) is 31.2 Å². The summed E-state index contributed by atoms with van der Waals surface area (Å²) in [6, 6.07) is 13.9. The highest BCUT2D eigenvalue weighted by Crippen LogP contribution is 2.20. The predicted molar refractivity (Wildman–Crippen MR) is 123 cm³/mol. The molecule has 0 aliphatic carbocycles. The molecule has 0 saturated heterocycles. The number of ether oxygens (including phenoxy) is 2. The van der Waals surface area contributed by atoms with Crippen molar-refractivity contribution in [1.82, 2.24) is 18.7 Å². The Morgan fingerprint density at radius 2 is 1.91 bits per heavy atom. The summed E-state index contributed by atoms with van der Waals surface area (Å²) in [5.41, 5.74) is 0.922. The van der Waals surface area contributed by atoms with Gasteiger partial charge < -0.3 is 14.0 Å². The minimum Gasteiger partial charge on any atom is -0.497 e. The molecule has 0 amide bonds. The fourth-order valence-electron chi connectivity index (χ4n) is 3.72. The van der Waals surface area contributed by atoms with Crippen molar-refractivity contribution < 1.29 is 14.3 Å². The van der Waals surface area contributed by atoms with E-state index in [2.05, 4.69) is 11.6 Å². The highest BCUT2D eigenvalue weighted by Gasteiger charge is 2.20. The minimum atomic E-state index is -0.541. The van der Waals surface area contributed by atoms with Crippen LogP contribution >= 0.6 is 0 Å². The van der Waals surface area contributed by atoms with Crippen LogP contribution in [-0.2, 0) is 17.8 Å². The summed E-state index contributed by atoms with van der Waals surface area (Å²) >= 11 is 0. The number of nitrogens with zero attached hydrogens (tertiary/aromatic N) is 4. The largest absolute Gasteiger partial charge is 0.497 e. The summed E-state index contributed by atoms with van der Waals surface area (Å²) in [6.45, 7) is 3.88. The van der Waals surface area contributed by atoms with Gasteiger partial charge in [0.05, 0.1) is 38.3 Å². The lowest BCUT2D eigenvalue weighted by Crippen LogP contribution is -2.39. The van der Waals surface area contributed by atoms with Gasteiger partial charge in [-0.25, -0.2) is 19.1 Å². The Morgan fingerprint density at radius 1 is 1.12 bits per heavy atom. The highest BCUT2D eigenvalue weighted by molar-refractivity contribution is 5.91. The van der Waals surface area contributed by atoms with Crippen LogP contribution in [-0.4, -0.2) is 38.9 Å². The fraction of sp³-hybridized carbons (Fsp3) is 0.167. The fourth-order valence-corrected chi connectivity index (χ4v) is 3.72. The van der Waals surface area contributed by atoms with Crippen LogP contribution in [0.4, 0.5) is 0 Å². The van der Waals surface area contributed by atoms with Crippen LogP contribution in [0, 0.1) is 0 Å². The first-order chi connectivity index (χ1) is 16.0. The van der Waals surface area contributed by atoms with Crippen molar-refractivity contribution in [2.45, 2.75) is 13.1 Å². The molecule has 0 aliphatic heterocycles. The predicted octanol–water partition coefficient (Wildman–Crippen LogP) is 2.38. The second kappa shape index (κ2) is 8.99. The Morgan fingerprint density at radius 3 is 2.64 bits per heavy atom. The smallest absolute Gasteiger partial charge is 0.338 e. The molecule has 9 heteroatoms. The number of aromatic nitrogens is 4. The molecule has 2 aromatic heterocycles. The molecule has 0 fully saturated rings. The molecule has 4 aromatic rings. The molecule has 0 saturated carbocycles. The maximum Gasteiger partial charge on any atom is 0.338 e. The molecule has 0 bridgehead atoms. The lowest BCUT2D eigenvalue weighted by Gasteiger charge is -2.13. The van der Waals surface area contributed by atoms with E-state index in [-0.39, 0.29) is 24.3 Å². The Hall–Kier alpha value is -4.40. The summed E-state index contributed by atoms with van der Waals surface area (Å²) in [5, 5.41) is 0. The van der Waals surface area contributed by atoms with E-state index in [0.29, 0.717) is 22.6 Å². The number of imidazole rings is 1. The van der Waals surface area contributed by atoms with Crippen LogP contribution in [0.1, 0.15) is 15.9 Å². The monoisotopic (exact) mass is 446 g/mol. The number of rotatable bonds is 7. The number of fused-ring (bicyclic) bond motifs is 1. The molecule has 0 unspecified atom stereocenters. The molecule has 2 heterocycles. The van der Waals surface area contributed by atoms with Crippen LogP contribution in [0.5, 0.6) is 5.75 Å². The summed E-state index contributed by atoms with van der Waals surface area (Å²) in [7, 11) is 2.84. The van der Waals surface area contributed by atoms with Crippen LogP contribution in [0.15, 0.2) is 77.1 Å². The molecule has 168 valence electrons. The van der Waals surface area contributed by atoms with Gasteiger partial charge in [0.1, 0.15) is 5.75 Å². The molecule has 9 nitrogen and oxygen atoms in total. The van der Waals surface area contributed by atoms with E-state index in [1.54, 1.807) is 53.1 Å². The van der Waals surface area contributed by atoms with E-state index in [9.17, 15) is 14.4 Å². The van der Waals surface area contributed by atoms with Gasteiger partial charge in [-0.1, -0.05) is 30.3 Å². The number of methoxy groups -OCH3 is 2. The van der Waals surface area contributed by atoms with Crippen molar-refractivity contribution in [3.05, 3.63) is 99.5 Å². The van der Waals surface area contributed by atoms with Gasteiger partial charge >= 0.3 is 11.7 Å². The lowest BCUT2D eigenvalue weighted by atomic mass is 10.1. The molecular formula is C24H22N4O5. The van der Waals surface area contributed by atoms with Gasteiger partial charge in [0, 0.05) is 12.6 Å². The number of carbonyl (C=O) groups excluding carboxylic acids is 1. The molecule has 4 rings (SSSR count).